The number of methoxy groups -OCH3 is 1. The summed E-state index contributed by atoms with van der Waals surface area (Å²) in [5, 5.41) is 2.96. The van der Waals surface area contributed by atoms with E-state index in [2.05, 4.69) is 26.2 Å². The number of halogens is 4. The van der Waals surface area contributed by atoms with E-state index in [1.807, 2.05) is 0 Å². The smallest absolute Gasteiger partial charge is 0.401 e. The fraction of sp³-hybridized carbons (Fsp3) is 0.400. The van der Waals surface area contributed by atoms with Crippen LogP contribution in [-0.2, 0) is 11.2 Å². The molecular weight excluding hydrogens is 467 g/mol. The lowest BCUT2D eigenvalue weighted by molar-refractivity contribution is -0.155. The van der Waals surface area contributed by atoms with Crippen molar-refractivity contribution in [1.29, 1.82) is 0 Å². The van der Waals surface area contributed by atoms with E-state index < -0.39 is 24.8 Å². The zero-order valence-electron chi connectivity index (χ0n) is 16.6. The summed E-state index contributed by atoms with van der Waals surface area (Å²) < 4.78 is 51.7. The van der Waals surface area contributed by atoms with E-state index in [1.165, 1.54) is 18.2 Å². The number of benzene rings is 1. The molecular formula is C20H21BrF3N3O3. The van der Waals surface area contributed by atoms with E-state index in [9.17, 15) is 18.0 Å². The number of anilines is 1. The number of hydrogen-bond acceptors (Lipinski definition) is 6. The molecule has 0 spiro atoms. The minimum atomic E-state index is -4.40. The summed E-state index contributed by atoms with van der Waals surface area (Å²) in [5.41, 5.74) is 2.18. The summed E-state index contributed by atoms with van der Waals surface area (Å²) in [4.78, 5) is 16.9. The van der Waals surface area contributed by atoms with Crippen molar-refractivity contribution in [2.45, 2.75) is 31.6 Å². The quantitative estimate of drug-likeness (QED) is 0.611. The number of hydrogen-bond donors (Lipinski definition) is 1. The van der Waals surface area contributed by atoms with E-state index in [0.29, 0.717) is 45.0 Å². The number of rotatable bonds is 6. The molecule has 0 saturated carbocycles. The average molecular weight is 488 g/mol. The van der Waals surface area contributed by atoms with Crippen molar-refractivity contribution in [2.24, 2.45) is 0 Å². The predicted octanol–water partition coefficient (Wildman–Crippen LogP) is 4.33. The van der Waals surface area contributed by atoms with Gasteiger partial charge in [0.15, 0.2) is 5.75 Å². The highest BCUT2D eigenvalue weighted by molar-refractivity contribution is 9.10. The molecule has 1 unspecified atom stereocenters. The topological polar surface area (TPSA) is 63.7 Å². The Morgan fingerprint density at radius 2 is 2.13 bits per heavy atom. The van der Waals surface area contributed by atoms with E-state index in [1.54, 1.807) is 32.2 Å². The number of carbonyl (C=O) groups excluding carboxylic acids is 1. The third-order valence-electron chi connectivity index (χ3n) is 5.11. The SMILES string of the molecule is CNc1ccc2c(c1OC=O)C[C@@H](C)N(CC(F)(F)F)C2c1ncc(Br)cc1OC. The Morgan fingerprint density at radius 3 is 2.73 bits per heavy atom. The first-order valence-electron chi connectivity index (χ1n) is 9.16. The number of ether oxygens (including phenoxy) is 2. The van der Waals surface area contributed by atoms with Gasteiger partial charge in [-0.3, -0.25) is 14.7 Å². The summed E-state index contributed by atoms with van der Waals surface area (Å²) >= 11 is 3.32. The lowest BCUT2D eigenvalue weighted by atomic mass is 9.85. The lowest BCUT2D eigenvalue weighted by Crippen LogP contribution is -2.47. The van der Waals surface area contributed by atoms with Crippen LogP contribution in [0.4, 0.5) is 18.9 Å². The first-order valence-corrected chi connectivity index (χ1v) is 9.95. The molecule has 1 aromatic heterocycles. The summed E-state index contributed by atoms with van der Waals surface area (Å²) in [6.07, 6.45) is -2.60. The van der Waals surface area contributed by atoms with Crippen LogP contribution in [0.5, 0.6) is 11.5 Å². The van der Waals surface area contributed by atoms with Crippen LogP contribution < -0.4 is 14.8 Å². The second-order valence-electron chi connectivity index (χ2n) is 6.96. The lowest BCUT2D eigenvalue weighted by Gasteiger charge is -2.42. The molecule has 0 aliphatic carbocycles. The largest absolute Gasteiger partial charge is 0.495 e. The molecule has 6 nitrogen and oxygen atoms in total. The molecule has 0 radical (unpaired) electrons. The van der Waals surface area contributed by atoms with Crippen molar-refractivity contribution in [1.82, 2.24) is 9.88 Å². The Hall–Kier alpha value is -2.33. The van der Waals surface area contributed by atoms with Crippen molar-refractivity contribution < 1.29 is 27.4 Å². The van der Waals surface area contributed by atoms with Gasteiger partial charge in [-0.15, -0.1) is 0 Å². The summed E-state index contributed by atoms with van der Waals surface area (Å²) in [5.74, 6) is 0.668. The maximum atomic E-state index is 13.5. The van der Waals surface area contributed by atoms with Gasteiger partial charge in [0.05, 0.1) is 25.4 Å². The van der Waals surface area contributed by atoms with Crippen LogP contribution in [0.1, 0.15) is 29.8 Å². The van der Waals surface area contributed by atoms with E-state index in [4.69, 9.17) is 9.47 Å². The van der Waals surface area contributed by atoms with Crippen LogP contribution in [0.2, 0.25) is 0 Å². The van der Waals surface area contributed by atoms with Gasteiger partial charge in [0.1, 0.15) is 11.4 Å². The van der Waals surface area contributed by atoms with Crippen LogP contribution in [0, 0.1) is 0 Å². The van der Waals surface area contributed by atoms with Gasteiger partial charge >= 0.3 is 6.18 Å². The molecule has 0 bridgehead atoms. The number of alkyl halides is 3. The van der Waals surface area contributed by atoms with Crippen LogP contribution in [-0.4, -0.2) is 49.3 Å². The van der Waals surface area contributed by atoms with Crippen LogP contribution >= 0.6 is 15.9 Å². The molecule has 2 heterocycles. The predicted molar refractivity (Wildman–Crippen MR) is 109 cm³/mol. The number of nitrogens with one attached hydrogen (secondary N) is 1. The van der Waals surface area contributed by atoms with Crippen LogP contribution in [0.25, 0.3) is 0 Å². The molecule has 0 amide bonds. The molecule has 1 N–H and O–H groups in total. The first-order chi connectivity index (χ1) is 14.2. The van der Waals surface area contributed by atoms with Gasteiger partial charge < -0.3 is 14.8 Å². The highest BCUT2D eigenvalue weighted by atomic mass is 79.9. The summed E-state index contributed by atoms with van der Waals surface area (Å²) in [6, 6.07) is 3.74. The standard InChI is InChI=1S/C20H21BrF3N3O3/c1-11-6-14-13(4-5-15(25-2)19(14)30-10-28)18(27(11)9-20(22,23)24)17-16(29-3)7-12(21)8-26-17/h4-5,7-8,10-11,18,25H,6,9H2,1-3H3/t11-,18?/m1/s1. The molecule has 1 aliphatic rings. The average Bonchev–Trinajstić information content (AvgIpc) is 2.68. The Kier molecular flexibility index (Phi) is 6.56. The highest BCUT2D eigenvalue weighted by Gasteiger charge is 2.43. The van der Waals surface area contributed by atoms with Crippen molar-refractivity contribution in [2.75, 3.05) is 26.0 Å². The Bertz CT molecular complexity index is 939. The van der Waals surface area contributed by atoms with Crippen molar-refractivity contribution in [3.63, 3.8) is 0 Å². The molecule has 1 aromatic carbocycles. The van der Waals surface area contributed by atoms with Gasteiger partial charge in [-0.25, -0.2) is 0 Å². The minimum absolute atomic E-state index is 0.277. The van der Waals surface area contributed by atoms with Gasteiger partial charge in [-0.05, 0) is 47.0 Å². The highest BCUT2D eigenvalue weighted by Crippen LogP contribution is 2.46. The van der Waals surface area contributed by atoms with Gasteiger partial charge in [0, 0.05) is 29.3 Å². The third-order valence-corrected chi connectivity index (χ3v) is 5.55. The zero-order valence-corrected chi connectivity index (χ0v) is 18.2. The van der Waals surface area contributed by atoms with Gasteiger partial charge in [-0.2, -0.15) is 13.2 Å². The molecule has 0 fully saturated rings. The fourth-order valence-corrected chi connectivity index (χ4v) is 4.20. The second kappa shape index (κ2) is 8.81. The van der Waals surface area contributed by atoms with Gasteiger partial charge in [0.25, 0.3) is 6.47 Å². The van der Waals surface area contributed by atoms with Crippen LogP contribution in [0.15, 0.2) is 28.9 Å². The van der Waals surface area contributed by atoms with Crippen molar-refractivity contribution in [3.8, 4) is 11.5 Å². The van der Waals surface area contributed by atoms with Crippen LogP contribution in [0.3, 0.4) is 0 Å². The number of nitrogens with zero attached hydrogens (tertiary/aromatic N) is 2. The number of pyridine rings is 1. The minimum Gasteiger partial charge on any atom is -0.495 e. The summed E-state index contributed by atoms with van der Waals surface area (Å²) in [6.45, 7) is 0.914. The summed E-state index contributed by atoms with van der Waals surface area (Å²) in [7, 11) is 3.12. The molecule has 30 heavy (non-hydrogen) atoms. The molecule has 162 valence electrons. The van der Waals surface area contributed by atoms with E-state index in [-0.39, 0.29) is 6.42 Å². The van der Waals surface area contributed by atoms with Gasteiger partial charge in [0.2, 0.25) is 0 Å². The number of fused-ring (bicyclic) bond motifs is 1. The Balaban J connectivity index is 2.26. The zero-order chi connectivity index (χ0) is 22.1. The maximum absolute atomic E-state index is 13.5. The molecule has 0 saturated heterocycles. The second-order valence-corrected chi connectivity index (χ2v) is 7.87. The number of aromatic nitrogens is 1. The Labute approximate surface area is 180 Å². The van der Waals surface area contributed by atoms with E-state index >= 15 is 0 Å². The molecule has 3 rings (SSSR count). The van der Waals surface area contributed by atoms with E-state index in [0.717, 1.165) is 0 Å². The molecule has 2 aromatic rings. The third kappa shape index (κ3) is 4.39. The molecule has 2 atom stereocenters. The molecule has 1 aliphatic heterocycles. The molecule has 10 heteroatoms. The normalized spacial score (nSPS) is 19.2. The van der Waals surface area contributed by atoms with Gasteiger partial charge in [-0.1, -0.05) is 6.07 Å². The van der Waals surface area contributed by atoms with Crippen molar-refractivity contribution in [3.05, 3.63) is 45.7 Å². The van der Waals surface area contributed by atoms with Crippen molar-refractivity contribution >= 4 is 28.1 Å². The maximum Gasteiger partial charge on any atom is 0.401 e. The monoisotopic (exact) mass is 487 g/mol. The number of carbonyl (C=O) groups is 1. The fourth-order valence-electron chi connectivity index (χ4n) is 3.89. The Morgan fingerprint density at radius 1 is 1.40 bits per heavy atom. The first kappa shape index (κ1) is 22.4.